The second kappa shape index (κ2) is 13.0. The summed E-state index contributed by atoms with van der Waals surface area (Å²) in [5.41, 5.74) is 3.14. The zero-order valence-corrected chi connectivity index (χ0v) is 22.4. The van der Waals surface area contributed by atoms with Gasteiger partial charge in [0.25, 0.3) is 0 Å². The highest BCUT2D eigenvalue weighted by molar-refractivity contribution is 7.25. The van der Waals surface area contributed by atoms with Crippen LogP contribution >= 0.6 is 34.0 Å². The van der Waals surface area contributed by atoms with E-state index in [1.807, 2.05) is 34.0 Å². The molecule has 3 rings (SSSR count). The summed E-state index contributed by atoms with van der Waals surface area (Å²) < 4.78 is 0. The lowest BCUT2D eigenvalue weighted by molar-refractivity contribution is 0.450. The third-order valence-electron chi connectivity index (χ3n) is 6.65. The predicted octanol–water partition coefficient (Wildman–Crippen LogP) is 10.7. The van der Waals surface area contributed by atoms with Gasteiger partial charge in [0.05, 0.1) is 0 Å². The van der Waals surface area contributed by atoms with Crippen molar-refractivity contribution in [2.45, 2.75) is 91.9 Å². The zero-order chi connectivity index (χ0) is 22.1. The molecule has 0 radical (unpaired) electrons. The first-order valence-electron chi connectivity index (χ1n) is 12.4. The van der Waals surface area contributed by atoms with Gasteiger partial charge in [0.1, 0.15) is 0 Å². The summed E-state index contributed by atoms with van der Waals surface area (Å²) in [5, 5.41) is 4.60. The van der Waals surface area contributed by atoms with E-state index in [1.54, 1.807) is 11.1 Å². The van der Waals surface area contributed by atoms with Crippen LogP contribution in [0.1, 0.15) is 90.2 Å². The van der Waals surface area contributed by atoms with Crippen molar-refractivity contribution in [2.24, 2.45) is 11.8 Å². The molecule has 0 saturated heterocycles. The van der Waals surface area contributed by atoms with Crippen LogP contribution in [0.5, 0.6) is 0 Å². The summed E-state index contributed by atoms with van der Waals surface area (Å²) in [7, 11) is 0. The molecule has 0 aliphatic rings. The van der Waals surface area contributed by atoms with E-state index in [9.17, 15) is 0 Å². The third-order valence-corrected chi connectivity index (χ3v) is 10.0. The molecule has 3 heterocycles. The Bertz CT molecular complexity index is 811. The van der Waals surface area contributed by atoms with Crippen LogP contribution in [0.15, 0.2) is 35.0 Å². The molecule has 0 aliphatic carbocycles. The van der Waals surface area contributed by atoms with Gasteiger partial charge < -0.3 is 0 Å². The average Bonchev–Trinajstić information content (AvgIpc) is 3.54. The topological polar surface area (TPSA) is 0 Å². The van der Waals surface area contributed by atoms with Gasteiger partial charge in [-0.25, -0.2) is 0 Å². The highest BCUT2D eigenvalue weighted by atomic mass is 32.1. The van der Waals surface area contributed by atoms with Crippen LogP contribution in [0.25, 0.3) is 19.5 Å². The van der Waals surface area contributed by atoms with E-state index in [4.69, 9.17) is 0 Å². The van der Waals surface area contributed by atoms with E-state index < -0.39 is 0 Å². The van der Waals surface area contributed by atoms with Gasteiger partial charge >= 0.3 is 0 Å². The van der Waals surface area contributed by atoms with Gasteiger partial charge in [0, 0.05) is 19.5 Å². The lowest BCUT2D eigenvalue weighted by atomic mass is 9.92. The lowest BCUT2D eigenvalue weighted by Gasteiger charge is -2.14. The fourth-order valence-corrected chi connectivity index (χ4v) is 7.72. The van der Waals surface area contributed by atoms with Crippen LogP contribution < -0.4 is 0 Å². The van der Waals surface area contributed by atoms with Crippen molar-refractivity contribution in [1.29, 1.82) is 0 Å². The summed E-state index contributed by atoms with van der Waals surface area (Å²) in [6.07, 6.45) is 13.1. The smallest absolute Gasteiger partial charge is 0.0474 e. The van der Waals surface area contributed by atoms with Crippen LogP contribution in [-0.4, -0.2) is 0 Å². The monoisotopic (exact) mass is 472 g/mol. The summed E-state index contributed by atoms with van der Waals surface area (Å²) in [6, 6.07) is 9.51. The van der Waals surface area contributed by atoms with E-state index >= 15 is 0 Å². The Kier molecular flexibility index (Phi) is 10.3. The maximum atomic E-state index is 2.38. The average molecular weight is 473 g/mol. The molecule has 3 aromatic rings. The van der Waals surface area contributed by atoms with Crippen LogP contribution in [0, 0.1) is 11.8 Å². The fourth-order valence-electron chi connectivity index (χ4n) is 4.52. The molecule has 31 heavy (non-hydrogen) atoms. The molecule has 0 N–H and O–H groups in total. The molecule has 3 aromatic heterocycles. The molecular formula is C28H40S3. The lowest BCUT2D eigenvalue weighted by Crippen LogP contribution is -2.03. The Morgan fingerprint density at radius 2 is 1.10 bits per heavy atom. The van der Waals surface area contributed by atoms with Gasteiger partial charge in [-0.15, -0.1) is 34.0 Å². The number of unbranched alkanes of at least 4 members (excludes halogenated alkanes) is 2. The summed E-state index contributed by atoms with van der Waals surface area (Å²) in [4.78, 5) is 5.95. The van der Waals surface area contributed by atoms with Gasteiger partial charge in [0.15, 0.2) is 0 Å². The molecule has 3 heteroatoms. The number of thiophene rings is 3. The second-order valence-electron chi connectivity index (χ2n) is 8.96. The molecule has 0 nitrogen and oxygen atoms in total. The standard InChI is InChI=1S/C28H40S3/c1-5-9-11-21(7-3)19-23-15-17-29-27(23)25-13-14-26(31-25)28-24(16-18-30-28)20-22(8-4)12-10-6-2/h13-18,21-22H,5-12,19-20H2,1-4H3. The first kappa shape index (κ1) is 24.7. The van der Waals surface area contributed by atoms with E-state index in [1.165, 1.54) is 83.7 Å². The van der Waals surface area contributed by atoms with E-state index in [2.05, 4.69) is 62.7 Å². The molecule has 0 bridgehead atoms. The second-order valence-corrected chi connectivity index (χ2v) is 11.9. The molecule has 0 aliphatic heterocycles. The Morgan fingerprint density at radius 3 is 1.48 bits per heavy atom. The normalized spacial score (nSPS) is 13.5. The minimum absolute atomic E-state index is 0.825. The van der Waals surface area contributed by atoms with Gasteiger partial charge in [-0.3, -0.25) is 0 Å². The Labute approximate surface area is 202 Å². The molecule has 0 amide bonds. The Balaban J connectivity index is 1.75. The van der Waals surface area contributed by atoms with Crippen molar-refractivity contribution >= 4 is 34.0 Å². The van der Waals surface area contributed by atoms with E-state index in [0.717, 1.165) is 11.8 Å². The van der Waals surface area contributed by atoms with Crippen molar-refractivity contribution in [3.63, 3.8) is 0 Å². The van der Waals surface area contributed by atoms with Crippen LogP contribution in [0.3, 0.4) is 0 Å². The van der Waals surface area contributed by atoms with Crippen molar-refractivity contribution in [3.05, 3.63) is 46.2 Å². The molecule has 0 spiro atoms. The molecule has 0 aromatic carbocycles. The minimum Gasteiger partial charge on any atom is -0.143 e. The molecule has 170 valence electrons. The van der Waals surface area contributed by atoms with E-state index in [-0.39, 0.29) is 0 Å². The van der Waals surface area contributed by atoms with Crippen LogP contribution in [0.4, 0.5) is 0 Å². The third kappa shape index (κ3) is 6.79. The zero-order valence-electron chi connectivity index (χ0n) is 19.9. The number of hydrogen-bond acceptors (Lipinski definition) is 3. The molecular weight excluding hydrogens is 433 g/mol. The van der Waals surface area contributed by atoms with Crippen molar-refractivity contribution in [1.82, 2.24) is 0 Å². The molecule has 2 unspecified atom stereocenters. The number of hydrogen-bond donors (Lipinski definition) is 0. The summed E-state index contributed by atoms with van der Waals surface area (Å²) in [6.45, 7) is 9.33. The van der Waals surface area contributed by atoms with Crippen molar-refractivity contribution in [2.75, 3.05) is 0 Å². The van der Waals surface area contributed by atoms with Crippen LogP contribution in [-0.2, 0) is 12.8 Å². The SMILES string of the molecule is CCCCC(CC)Cc1ccsc1-c1ccc(-c2sccc2CC(CC)CCCC)s1. The minimum atomic E-state index is 0.825. The first-order valence-corrected chi connectivity index (χ1v) is 15.0. The molecule has 0 saturated carbocycles. The Hall–Kier alpha value is -0.900. The maximum absolute atomic E-state index is 2.38. The van der Waals surface area contributed by atoms with Gasteiger partial charge in [0.2, 0.25) is 0 Å². The summed E-state index contributed by atoms with van der Waals surface area (Å²) in [5.74, 6) is 1.65. The first-order chi connectivity index (χ1) is 15.2. The fraction of sp³-hybridized carbons (Fsp3) is 0.571. The van der Waals surface area contributed by atoms with Gasteiger partial charge in [-0.2, -0.15) is 0 Å². The Morgan fingerprint density at radius 1 is 0.645 bits per heavy atom. The number of rotatable bonds is 14. The van der Waals surface area contributed by atoms with Gasteiger partial charge in [-0.05, 0) is 70.8 Å². The quantitative estimate of drug-likeness (QED) is 0.219. The van der Waals surface area contributed by atoms with Gasteiger partial charge in [-0.1, -0.05) is 79.1 Å². The maximum Gasteiger partial charge on any atom is 0.0474 e. The highest BCUT2D eigenvalue weighted by Crippen LogP contribution is 2.42. The van der Waals surface area contributed by atoms with E-state index in [0.29, 0.717) is 0 Å². The van der Waals surface area contributed by atoms with Crippen LogP contribution in [0.2, 0.25) is 0 Å². The molecule has 2 atom stereocenters. The van der Waals surface area contributed by atoms with Crippen molar-refractivity contribution in [3.8, 4) is 19.5 Å². The predicted molar refractivity (Wildman–Crippen MR) is 145 cm³/mol. The largest absolute Gasteiger partial charge is 0.143 e. The molecule has 0 fully saturated rings. The summed E-state index contributed by atoms with van der Waals surface area (Å²) >= 11 is 5.86. The highest BCUT2D eigenvalue weighted by Gasteiger charge is 2.17. The van der Waals surface area contributed by atoms with Crippen molar-refractivity contribution < 1.29 is 0 Å².